The number of carbonyl (C=O) groups is 2. The van der Waals surface area contributed by atoms with Crippen molar-refractivity contribution in [3.63, 3.8) is 0 Å². The van der Waals surface area contributed by atoms with Gasteiger partial charge in [0.2, 0.25) is 5.78 Å². The molecule has 1 heterocycles. The summed E-state index contributed by atoms with van der Waals surface area (Å²) < 4.78 is 27.0. The number of ketones is 1. The Morgan fingerprint density at radius 2 is 1.29 bits per heavy atom. The van der Waals surface area contributed by atoms with Gasteiger partial charge in [0.1, 0.15) is 5.58 Å². The maximum Gasteiger partial charge on any atom is 0.255 e. The lowest BCUT2D eigenvalue weighted by atomic mass is 10.0. The van der Waals surface area contributed by atoms with Crippen molar-refractivity contribution in [1.29, 1.82) is 0 Å². The average Bonchev–Trinajstić information content (AvgIpc) is 3.22. The van der Waals surface area contributed by atoms with Gasteiger partial charge in [0, 0.05) is 33.8 Å². The second-order valence-corrected chi connectivity index (χ2v) is 7.69. The molecule has 0 fully saturated rings. The van der Waals surface area contributed by atoms with E-state index in [-0.39, 0.29) is 17.5 Å². The number of aryl methyl sites for hydroxylation is 1. The van der Waals surface area contributed by atoms with Crippen LogP contribution >= 0.6 is 0 Å². The fourth-order valence-electron chi connectivity index (χ4n) is 3.81. The SMILES string of the molecule is COc1ccc(C(=O)Nc2ccc3c(C)c(C(=O)c4ccc(OC)c(OC)c4)oc3c2)cc1OC. The highest BCUT2D eigenvalue weighted by molar-refractivity contribution is 6.11. The van der Waals surface area contributed by atoms with E-state index in [4.69, 9.17) is 23.4 Å². The van der Waals surface area contributed by atoms with Crippen LogP contribution in [-0.4, -0.2) is 40.1 Å². The van der Waals surface area contributed by atoms with Crippen LogP contribution in [0.5, 0.6) is 23.0 Å². The Morgan fingerprint density at radius 3 is 1.89 bits per heavy atom. The first-order valence-electron chi connectivity index (χ1n) is 10.7. The van der Waals surface area contributed by atoms with Crippen molar-refractivity contribution in [1.82, 2.24) is 0 Å². The maximum absolute atomic E-state index is 13.2. The largest absolute Gasteiger partial charge is 0.493 e. The molecule has 1 N–H and O–H groups in total. The number of furan rings is 1. The summed E-state index contributed by atoms with van der Waals surface area (Å²) in [6, 6.07) is 15.1. The van der Waals surface area contributed by atoms with Crippen molar-refractivity contribution in [3.8, 4) is 23.0 Å². The monoisotopic (exact) mass is 475 g/mol. The topological polar surface area (TPSA) is 96.2 Å². The Hall–Kier alpha value is -4.46. The lowest BCUT2D eigenvalue weighted by Gasteiger charge is -2.10. The zero-order chi connectivity index (χ0) is 25.1. The summed E-state index contributed by atoms with van der Waals surface area (Å²) in [6.07, 6.45) is 0. The maximum atomic E-state index is 13.2. The molecule has 0 radical (unpaired) electrons. The standard InChI is InChI=1S/C27H25NO7/c1-15-19-9-8-18(28-27(30)17-7-11-21(32-3)24(13-17)34-5)14-22(19)35-26(15)25(29)16-6-10-20(31-2)23(12-16)33-4/h6-14H,1-5H3,(H,28,30). The van der Waals surface area contributed by atoms with Crippen LogP contribution in [-0.2, 0) is 0 Å². The van der Waals surface area contributed by atoms with Gasteiger partial charge in [-0.05, 0) is 55.5 Å². The number of hydrogen-bond donors (Lipinski definition) is 1. The van der Waals surface area contributed by atoms with Gasteiger partial charge in [-0.1, -0.05) is 0 Å². The summed E-state index contributed by atoms with van der Waals surface area (Å²) >= 11 is 0. The van der Waals surface area contributed by atoms with Crippen LogP contribution < -0.4 is 24.3 Å². The zero-order valence-corrected chi connectivity index (χ0v) is 20.1. The van der Waals surface area contributed by atoms with Crippen molar-refractivity contribution in [2.24, 2.45) is 0 Å². The van der Waals surface area contributed by atoms with Crippen LogP contribution in [0.15, 0.2) is 59.0 Å². The second-order valence-electron chi connectivity index (χ2n) is 7.69. The van der Waals surface area contributed by atoms with Gasteiger partial charge in [-0.2, -0.15) is 0 Å². The summed E-state index contributed by atoms with van der Waals surface area (Å²) in [6.45, 7) is 1.82. The minimum Gasteiger partial charge on any atom is -0.493 e. The van der Waals surface area contributed by atoms with Gasteiger partial charge in [0.15, 0.2) is 28.8 Å². The molecular formula is C27H25NO7. The lowest BCUT2D eigenvalue weighted by Crippen LogP contribution is -2.12. The molecular weight excluding hydrogens is 450 g/mol. The van der Waals surface area contributed by atoms with Gasteiger partial charge in [0.25, 0.3) is 5.91 Å². The molecule has 8 heteroatoms. The molecule has 0 atom stereocenters. The first kappa shape index (κ1) is 23.7. The number of nitrogens with one attached hydrogen (secondary N) is 1. The predicted octanol–water partition coefficient (Wildman–Crippen LogP) is 5.26. The summed E-state index contributed by atoms with van der Waals surface area (Å²) in [5, 5.41) is 3.62. The van der Waals surface area contributed by atoms with Crippen molar-refractivity contribution in [2.75, 3.05) is 33.8 Å². The number of fused-ring (bicyclic) bond motifs is 1. The number of hydrogen-bond acceptors (Lipinski definition) is 7. The first-order chi connectivity index (χ1) is 16.9. The van der Waals surface area contributed by atoms with Crippen LogP contribution in [0.2, 0.25) is 0 Å². The molecule has 0 aliphatic heterocycles. The average molecular weight is 475 g/mol. The van der Waals surface area contributed by atoms with E-state index in [2.05, 4.69) is 5.32 Å². The van der Waals surface area contributed by atoms with Crippen molar-refractivity contribution in [2.45, 2.75) is 6.92 Å². The molecule has 0 saturated heterocycles. The molecule has 4 aromatic rings. The zero-order valence-electron chi connectivity index (χ0n) is 20.1. The van der Waals surface area contributed by atoms with E-state index in [9.17, 15) is 9.59 Å². The molecule has 0 aliphatic carbocycles. The number of benzene rings is 3. The quantitative estimate of drug-likeness (QED) is 0.347. The van der Waals surface area contributed by atoms with Gasteiger partial charge >= 0.3 is 0 Å². The Kier molecular flexibility index (Phi) is 6.64. The number of ether oxygens (including phenoxy) is 4. The highest BCUT2D eigenvalue weighted by atomic mass is 16.5. The van der Waals surface area contributed by atoms with Crippen LogP contribution in [0.1, 0.15) is 32.0 Å². The van der Waals surface area contributed by atoms with Crippen molar-refractivity contribution >= 4 is 28.3 Å². The van der Waals surface area contributed by atoms with Gasteiger partial charge in [-0.15, -0.1) is 0 Å². The Labute approximate surface area is 202 Å². The van der Waals surface area contributed by atoms with Gasteiger partial charge in [-0.3, -0.25) is 9.59 Å². The van der Waals surface area contributed by atoms with E-state index in [1.165, 1.54) is 28.4 Å². The summed E-state index contributed by atoms with van der Waals surface area (Å²) in [7, 11) is 6.08. The second kappa shape index (κ2) is 9.80. The summed E-state index contributed by atoms with van der Waals surface area (Å²) in [4.78, 5) is 26.0. The highest BCUT2D eigenvalue weighted by Gasteiger charge is 2.21. The fourth-order valence-corrected chi connectivity index (χ4v) is 3.81. The molecule has 180 valence electrons. The third-order valence-corrected chi connectivity index (χ3v) is 5.69. The van der Waals surface area contributed by atoms with Crippen LogP contribution in [0.25, 0.3) is 11.0 Å². The third-order valence-electron chi connectivity index (χ3n) is 5.69. The van der Waals surface area contributed by atoms with Crippen molar-refractivity contribution in [3.05, 3.63) is 77.0 Å². The normalized spacial score (nSPS) is 10.7. The number of carbonyl (C=O) groups excluding carboxylic acids is 2. The number of anilines is 1. The van der Waals surface area contributed by atoms with E-state index in [1.807, 2.05) is 13.0 Å². The minimum absolute atomic E-state index is 0.218. The molecule has 4 rings (SSSR count). The molecule has 0 unspecified atom stereocenters. The van der Waals surface area contributed by atoms with Gasteiger partial charge in [-0.25, -0.2) is 0 Å². The summed E-state index contributed by atoms with van der Waals surface area (Å²) in [5.41, 5.74) is 2.53. The number of methoxy groups -OCH3 is 4. The van der Waals surface area contributed by atoms with Crippen molar-refractivity contribution < 1.29 is 33.0 Å². The molecule has 1 aromatic heterocycles. The Morgan fingerprint density at radius 1 is 0.714 bits per heavy atom. The molecule has 3 aromatic carbocycles. The van der Waals surface area contributed by atoms with Crippen LogP contribution in [0.4, 0.5) is 5.69 Å². The Balaban J connectivity index is 1.61. The van der Waals surface area contributed by atoms with E-state index in [0.29, 0.717) is 51.0 Å². The minimum atomic E-state index is -0.324. The lowest BCUT2D eigenvalue weighted by molar-refractivity contribution is 0.101. The summed E-state index contributed by atoms with van der Waals surface area (Å²) in [5.74, 6) is 1.58. The van der Waals surface area contributed by atoms with Crippen LogP contribution in [0.3, 0.4) is 0 Å². The smallest absolute Gasteiger partial charge is 0.255 e. The van der Waals surface area contributed by atoms with Gasteiger partial charge < -0.3 is 28.7 Å². The predicted molar refractivity (Wildman–Crippen MR) is 131 cm³/mol. The molecule has 35 heavy (non-hydrogen) atoms. The molecule has 0 saturated carbocycles. The molecule has 8 nitrogen and oxygen atoms in total. The van der Waals surface area contributed by atoms with Gasteiger partial charge in [0.05, 0.1) is 28.4 Å². The number of rotatable bonds is 8. The third kappa shape index (κ3) is 4.50. The van der Waals surface area contributed by atoms with E-state index in [0.717, 1.165) is 5.39 Å². The first-order valence-corrected chi connectivity index (χ1v) is 10.7. The molecule has 1 amide bonds. The highest BCUT2D eigenvalue weighted by Crippen LogP contribution is 2.33. The van der Waals surface area contributed by atoms with E-state index < -0.39 is 0 Å². The van der Waals surface area contributed by atoms with Crippen LogP contribution in [0, 0.1) is 6.92 Å². The fraction of sp³-hybridized carbons (Fsp3) is 0.185. The van der Waals surface area contributed by atoms with E-state index in [1.54, 1.807) is 48.5 Å². The molecule has 0 bridgehead atoms. The molecule has 0 spiro atoms. The number of amides is 1. The Bertz CT molecular complexity index is 1420. The van der Waals surface area contributed by atoms with E-state index >= 15 is 0 Å². The molecule has 0 aliphatic rings.